The number of hydrogen-bond donors (Lipinski definition) is 3. The molecule has 5 nitrogen and oxygen atoms in total. The van der Waals surface area contributed by atoms with Crippen molar-refractivity contribution in [2.45, 2.75) is 24.7 Å². The zero-order valence-electron chi connectivity index (χ0n) is 16.8. The lowest BCUT2D eigenvalue weighted by Crippen LogP contribution is -2.42. The van der Waals surface area contributed by atoms with E-state index in [2.05, 4.69) is 20.9 Å². The maximum atomic E-state index is 13.5. The van der Waals surface area contributed by atoms with Crippen LogP contribution in [0.3, 0.4) is 0 Å². The first-order chi connectivity index (χ1) is 13.6. The number of nitrogens with one attached hydrogen (secondary N) is 3. The molecule has 2 aromatic carbocycles. The maximum absolute atomic E-state index is 13.5. The third-order valence-corrected chi connectivity index (χ3v) is 5.23. The van der Waals surface area contributed by atoms with E-state index >= 15 is 0 Å². The molecule has 1 saturated carbocycles. The number of guanidine groups is 1. The van der Waals surface area contributed by atoms with Crippen LogP contribution in [0.5, 0.6) is 0 Å². The summed E-state index contributed by atoms with van der Waals surface area (Å²) in [5.74, 6) is 0.453. The minimum absolute atomic E-state index is 0. The number of benzene rings is 2. The molecule has 1 fully saturated rings. The van der Waals surface area contributed by atoms with Crippen LogP contribution >= 0.6 is 24.0 Å². The third kappa shape index (κ3) is 6.16. The van der Waals surface area contributed by atoms with Crippen LogP contribution in [0.4, 0.5) is 4.39 Å². The van der Waals surface area contributed by atoms with Crippen molar-refractivity contribution in [2.24, 2.45) is 4.99 Å². The fraction of sp³-hybridized carbons (Fsp3) is 0.364. The van der Waals surface area contributed by atoms with E-state index in [-0.39, 0.29) is 41.1 Å². The summed E-state index contributed by atoms with van der Waals surface area (Å²) in [5, 5.41) is 9.31. The fourth-order valence-corrected chi connectivity index (χ4v) is 3.35. The quantitative estimate of drug-likeness (QED) is 0.305. The summed E-state index contributed by atoms with van der Waals surface area (Å²) in [5.41, 5.74) is 2.79. The Bertz CT molecular complexity index is 867. The molecule has 1 aliphatic carbocycles. The first kappa shape index (κ1) is 23.1. The zero-order valence-corrected chi connectivity index (χ0v) is 19.1. The molecule has 2 aromatic rings. The molecule has 1 aliphatic rings. The summed E-state index contributed by atoms with van der Waals surface area (Å²) >= 11 is 0. The maximum Gasteiger partial charge on any atom is 0.251 e. The monoisotopic (exact) mass is 510 g/mol. The van der Waals surface area contributed by atoms with Gasteiger partial charge in [0, 0.05) is 38.2 Å². The molecule has 3 N–H and O–H groups in total. The van der Waals surface area contributed by atoms with Gasteiger partial charge >= 0.3 is 0 Å². The van der Waals surface area contributed by atoms with Crippen molar-refractivity contribution in [2.75, 3.05) is 27.2 Å². The van der Waals surface area contributed by atoms with Crippen LogP contribution in [0.2, 0.25) is 0 Å². The van der Waals surface area contributed by atoms with Crippen LogP contribution in [0, 0.1) is 5.82 Å². The Morgan fingerprint density at radius 1 is 1.14 bits per heavy atom. The van der Waals surface area contributed by atoms with Crippen molar-refractivity contribution in [3.8, 4) is 0 Å². The van der Waals surface area contributed by atoms with E-state index in [1.165, 1.54) is 6.07 Å². The lowest BCUT2D eigenvalue weighted by Gasteiger charge is -2.19. The van der Waals surface area contributed by atoms with Crippen LogP contribution in [0.25, 0.3) is 0 Å². The summed E-state index contributed by atoms with van der Waals surface area (Å²) < 4.78 is 13.5. The molecule has 1 amide bonds. The molecule has 0 bridgehead atoms. The van der Waals surface area contributed by atoms with E-state index in [9.17, 15) is 9.18 Å². The molecule has 3 rings (SSSR count). The number of rotatable bonds is 7. The molecule has 0 heterocycles. The van der Waals surface area contributed by atoms with Crippen LogP contribution < -0.4 is 16.0 Å². The number of hydrogen-bond acceptors (Lipinski definition) is 2. The third-order valence-electron chi connectivity index (χ3n) is 5.23. The fourth-order valence-electron chi connectivity index (χ4n) is 3.35. The van der Waals surface area contributed by atoms with Gasteiger partial charge < -0.3 is 16.0 Å². The predicted molar refractivity (Wildman–Crippen MR) is 126 cm³/mol. The van der Waals surface area contributed by atoms with Crippen LogP contribution in [-0.2, 0) is 11.8 Å². The molecule has 29 heavy (non-hydrogen) atoms. The van der Waals surface area contributed by atoms with E-state index in [1.54, 1.807) is 32.3 Å². The van der Waals surface area contributed by atoms with Crippen molar-refractivity contribution >= 4 is 35.8 Å². The van der Waals surface area contributed by atoms with Gasteiger partial charge in [0.25, 0.3) is 5.91 Å². The van der Waals surface area contributed by atoms with Gasteiger partial charge in [-0.3, -0.25) is 9.79 Å². The Hall–Kier alpha value is -2.16. The highest BCUT2D eigenvalue weighted by Crippen LogP contribution is 2.47. The lowest BCUT2D eigenvalue weighted by molar-refractivity contribution is 0.0963. The zero-order chi connectivity index (χ0) is 20.0. The van der Waals surface area contributed by atoms with Crippen molar-refractivity contribution < 1.29 is 9.18 Å². The van der Waals surface area contributed by atoms with Crippen molar-refractivity contribution in [1.29, 1.82) is 0 Å². The van der Waals surface area contributed by atoms with Gasteiger partial charge in [0.05, 0.1) is 0 Å². The molecular formula is C22H28FIN4O. The molecule has 0 unspecified atom stereocenters. The largest absolute Gasteiger partial charge is 0.356 e. The van der Waals surface area contributed by atoms with Gasteiger partial charge in [0.2, 0.25) is 0 Å². The predicted octanol–water partition coefficient (Wildman–Crippen LogP) is 3.24. The Morgan fingerprint density at radius 3 is 2.55 bits per heavy atom. The number of nitrogens with zero attached hydrogens (tertiary/aromatic N) is 1. The van der Waals surface area contributed by atoms with Gasteiger partial charge in [-0.2, -0.15) is 0 Å². The van der Waals surface area contributed by atoms with Crippen LogP contribution in [-0.4, -0.2) is 39.1 Å². The smallest absolute Gasteiger partial charge is 0.251 e. The molecule has 0 atom stereocenters. The number of aliphatic imine (C=N–C) groups is 1. The topological polar surface area (TPSA) is 65.5 Å². The minimum atomic E-state index is -0.190. The molecule has 0 aliphatic heterocycles. The van der Waals surface area contributed by atoms with Crippen LogP contribution in [0.1, 0.15) is 34.3 Å². The Kier molecular flexibility index (Phi) is 8.43. The molecule has 0 spiro atoms. The Labute approximate surface area is 188 Å². The van der Waals surface area contributed by atoms with E-state index in [4.69, 9.17) is 0 Å². The SMILES string of the molecule is CN=C(NCCc1cccc(C(=O)NC)c1)NCC1(c2cccc(F)c2)CC1.I. The first-order valence-corrected chi connectivity index (χ1v) is 9.58. The van der Waals surface area contributed by atoms with E-state index in [0.29, 0.717) is 12.1 Å². The average molecular weight is 510 g/mol. The highest BCUT2D eigenvalue weighted by molar-refractivity contribution is 14.0. The Morgan fingerprint density at radius 2 is 1.90 bits per heavy atom. The van der Waals surface area contributed by atoms with E-state index in [0.717, 1.165) is 42.9 Å². The summed E-state index contributed by atoms with van der Waals surface area (Å²) in [4.78, 5) is 16.0. The van der Waals surface area contributed by atoms with Gasteiger partial charge in [-0.15, -0.1) is 24.0 Å². The highest BCUT2D eigenvalue weighted by Gasteiger charge is 2.44. The van der Waals surface area contributed by atoms with Gasteiger partial charge in [-0.1, -0.05) is 24.3 Å². The molecule has 156 valence electrons. The van der Waals surface area contributed by atoms with Gasteiger partial charge in [0.15, 0.2) is 5.96 Å². The second-order valence-corrected chi connectivity index (χ2v) is 7.17. The second kappa shape index (κ2) is 10.6. The molecule has 0 radical (unpaired) electrons. The first-order valence-electron chi connectivity index (χ1n) is 9.58. The standard InChI is InChI=1S/C22H27FN4O.HI/c1-24-20(28)17-6-3-5-16(13-17)9-12-26-21(25-2)27-15-22(10-11-22)18-7-4-8-19(23)14-18;/h3-8,13-14H,9-12,15H2,1-2H3,(H,24,28)(H2,25,26,27);1H. The summed E-state index contributed by atoms with van der Waals surface area (Å²) in [7, 11) is 3.37. The van der Waals surface area contributed by atoms with Crippen molar-refractivity contribution in [3.05, 3.63) is 71.0 Å². The Balaban J connectivity index is 0.00000300. The van der Waals surface area contributed by atoms with Gasteiger partial charge in [-0.25, -0.2) is 4.39 Å². The van der Waals surface area contributed by atoms with Gasteiger partial charge in [-0.05, 0) is 54.7 Å². The van der Waals surface area contributed by atoms with E-state index in [1.807, 2.05) is 24.3 Å². The second-order valence-electron chi connectivity index (χ2n) is 7.17. The van der Waals surface area contributed by atoms with E-state index < -0.39 is 0 Å². The lowest BCUT2D eigenvalue weighted by atomic mass is 9.96. The number of halogens is 2. The normalized spacial score (nSPS) is 14.5. The van der Waals surface area contributed by atoms with Crippen molar-refractivity contribution in [1.82, 2.24) is 16.0 Å². The molecule has 7 heteroatoms. The summed E-state index contributed by atoms with van der Waals surface area (Å²) in [6.45, 7) is 1.42. The molecule has 0 aromatic heterocycles. The molecular weight excluding hydrogens is 482 g/mol. The summed E-state index contributed by atoms with van der Waals surface area (Å²) in [6.07, 6.45) is 2.88. The minimum Gasteiger partial charge on any atom is -0.356 e. The van der Waals surface area contributed by atoms with Gasteiger partial charge in [0.1, 0.15) is 5.82 Å². The summed E-state index contributed by atoms with van der Waals surface area (Å²) in [6, 6.07) is 14.5. The number of carbonyl (C=O) groups is 1. The molecule has 0 saturated heterocycles. The van der Waals surface area contributed by atoms with Crippen molar-refractivity contribution in [3.63, 3.8) is 0 Å². The number of amides is 1. The average Bonchev–Trinajstić information content (AvgIpc) is 3.51. The highest BCUT2D eigenvalue weighted by atomic mass is 127. The number of carbonyl (C=O) groups excluding carboxylic acids is 1. The van der Waals surface area contributed by atoms with Crippen LogP contribution in [0.15, 0.2) is 53.5 Å².